The van der Waals surface area contributed by atoms with E-state index in [1.54, 1.807) is 0 Å². The van der Waals surface area contributed by atoms with E-state index in [-0.39, 0.29) is 7.92 Å². The molecule has 0 amide bonds. The first-order valence-electron chi connectivity index (χ1n) is 8.74. The molecule has 2 nitrogen and oxygen atoms in total. The molecule has 140 valence electrons. The summed E-state index contributed by atoms with van der Waals surface area (Å²) in [7, 11) is 7.94. The molecule has 0 saturated heterocycles. The average Bonchev–Trinajstić information content (AvgIpc) is 2.65. The summed E-state index contributed by atoms with van der Waals surface area (Å²) in [6, 6.07) is 21.2. The quantitative estimate of drug-likeness (QED) is 0.617. The Bertz CT molecular complexity index is 470. The molecule has 0 heterocycles. The minimum atomic E-state index is -0.284. The van der Waals surface area contributed by atoms with Gasteiger partial charge in [-0.05, 0) is 59.8 Å². The van der Waals surface area contributed by atoms with Crippen molar-refractivity contribution in [1.29, 1.82) is 0 Å². The number of rotatable bonds is 5. The van der Waals surface area contributed by atoms with E-state index in [1.165, 1.54) is 10.6 Å². The van der Waals surface area contributed by atoms with Crippen LogP contribution in [0.15, 0.2) is 60.7 Å². The van der Waals surface area contributed by atoms with Gasteiger partial charge in [0.2, 0.25) is 0 Å². The summed E-state index contributed by atoms with van der Waals surface area (Å²) in [5, 5.41) is 2.79. The van der Waals surface area contributed by atoms with E-state index in [1.807, 2.05) is 0 Å². The lowest BCUT2D eigenvalue weighted by atomic mass is 10.4. The maximum Gasteiger partial charge on any atom is 0.0186 e. The highest BCUT2D eigenvalue weighted by Crippen LogP contribution is 2.33. The van der Waals surface area contributed by atoms with Crippen LogP contribution in [0.25, 0.3) is 0 Å². The molecule has 0 unspecified atom stereocenters. The van der Waals surface area contributed by atoms with Crippen molar-refractivity contribution in [3.8, 4) is 0 Å². The van der Waals surface area contributed by atoms with Crippen LogP contribution in [-0.4, -0.2) is 56.6 Å². The Kier molecular flexibility index (Phi) is 14.9. The van der Waals surface area contributed by atoms with Crippen molar-refractivity contribution < 1.29 is 0 Å². The maximum atomic E-state index is 4.47. The summed E-state index contributed by atoms with van der Waals surface area (Å²) < 4.78 is 0. The van der Waals surface area contributed by atoms with E-state index in [0.29, 0.717) is 0 Å². The molecule has 4 heteroatoms. The molecule has 0 aliphatic rings. The van der Waals surface area contributed by atoms with E-state index in [4.69, 9.17) is 0 Å². The largest absolute Gasteiger partial charge is 0.310 e. The fourth-order valence-corrected chi connectivity index (χ4v) is 4.20. The van der Waals surface area contributed by atoms with Gasteiger partial charge in [-0.1, -0.05) is 74.5 Å². The number of benzene rings is 2. The number of nitrogens with zero attached hydrogens (tertiary/aromatic N) is 2. The Hall–Kier alpha value is -0.860. The van der Waals surface area contributed by atoms with Gasteiger partial charge in [0.15, 0.2) is 0 Å². The first-order chi connectivity index (χ1) is 12.0. The van der Waals surface area contributed by atoms with Gasteiger partial charge in [0.05, 0.1) is 0 Å². The highest BCUT2D eigenvalue weighted by atomic mass is 32.1. The third kappa shape index (κ3) is 12.2. The Morgan fingerprint density at radius 1 is 0.680 bits per heavy atom. The molecule has 25 heavy (non-hydrogen) atoms. The van der Waals surface area contributed by atoms with Crippen molar-refractivity contribution in [2.75, 3.05) is 46.8 Å². The summed E-state index contributed by atoms with van der Waals surface area (Å²) >= 11 is 4.47. The summed E-state index contributed by atoms with van der Waals surface area (Å²) in [5.41, 5.74) is 0.906. The van der Waals surface area contributed by atoms with Gasteiger partial charge in [-0.25, -0.2) is 0 Å². The third-order valence-corrected chi connectivity index (χ3v) is 6.52. The first-order valence-corrected chi connectivity index (χ1v) is 10.9. The van der Waals surface area contributed by atoms with Crippen LogP contribution in [0.2, 0.25) is 0 Å². The normalized spacial score (nSPS) is 10.2. The van der Waals surface area contributed by atoms with Gasteiger partial charge in [-0.3, -0.25) is 0 Å². The van der Waals surface area contributed by atoms with Gasteiger partial charge in [0, 0.05) is 5.49 Å². The lowest BCUT2D eigenvalue weighted by molar-refractivity contribution is 0.434. The topological polar surface area (TPSA) is 6.48 Å². The SMILES string of the molecule is CCN(C)C.CCN(C)C.SCP(c1ccccc1)c1ccccc1. The molecule has 0 aromatic heterocycles. The standard InChI is InChI=1S/C13H13PS.2C4H11N/c15-11-14(12-7-3-1-4-8-12)13-9-5-2-6-10-13;2*1-4-5(2)3/h1-10,15H,11H2;2*4H2,1-3H3. The van der Waals surface area contributed by atoms with E-state index < -0.39 is 0 Å². The van der Waals surface area contributed by atoms with Crippen molar-refractivity contribution in [1.82, 2.24) is 9.80 Å². The summed E-state index contributed by atoms with van der Waals surface area (Å²) in [6.07, 6.45) is 0. The first kappa shape index (κ1) is 24.1. The second-order valence-electron chi connectivity index (χ2n) is 6.03. The molecule has 0 bridgehead atoms. The molecule has 0 saturated carbocycles. The molecule has 0 aliphatic heterocycles. The molecule has 2 rings (SSSR count). The highest BCUT2D eigenvalue weighted by molar-refractivity contribution is 7.93. The zero-order valence-electron chi connectivity index (χ0n) is 16.7. The van der Waals surface area contributed by atoms with Crippen LogP contribution in [0.5, 0.6) is 0 Å². The van der Waals surface area contributed by atoms with Crippen LogP contribution in [0.1, 0.15) is 13.8 Å². The van der Waals surface area contributed by atoms with E-state index in [0.717, 1.165) is 18.6 Å². The smallest absolute Gasteiger partial charge is 0.0186 e. The Morgan fingerprint density at radius 2 is 0.960 bits per heavy atom. The molecule has 0 spiro atoms. The molecular weight excluding hydrogens is 343 g/mol. The molecule has 0 aliphatic carbocycles. The second-order valence-corrected chi connectivity index (χ2v) is 9.05. The fraction of sp³-hybridized carbons (Fsp3) is 0.429. The monoisotopic (exact) mass is 378 g/mol. The van der Waals surface area contributed by atoms with Crippen molar-refractivity contribution in [2.45, 2.75) is 13.8 Å². The Morgan fingerprint density at radius 3 is 1.16 bits per heavy atom. The minimum Gasteiger partial charge on any atom is -0.310 e. The lowest BCUT2D eigenvalue weighted by Crippen LogP contribution is -2.11. The van der Waals surface area contributed by atoms with Gasteiger partial charge in [0.1, 0.15) is 0 Å². The van der Waals surface area contributed by atoms with Crippen LogP contribution >= 0.6 is 20.6 Å². The lowest BCUT2D eigenvalue weighted by Gasteiger charge is -2.15. The van der Waals surface area contributed by atoms with Crippen molar-refractivity contribution >= 4 is 31.2 Å². The van der Waals surface area contributed by atoms with Crippen molar-refractivity contribution in [2.24, 2.45) is 0 Å². The van der Waals surface area contributed by atoms with Crippen LogP contribution in [0.3, 0.4) is 0 Å². The number of hydrogen-bond donors (Lipinski definition) is 1. The predicted octanol–water partition coefficient (Wildman–Crippen LogP) is 4.14. The Labute approximate surface area is 162 Å². The summed E-state index contributed by atoms with van der Waals surface area (Å²) in [5.74, 6) is 0. The van der Waals surface area contributed by atoms with Gasteiger partial charge in [-0.2, -0.15) is 12.6 Å². The minimum absolute atomic E-state index is 0.284. The average molecular weight is 379 g/mol. The highest BCUT2D eigenvalue weighted by Gasteiger charge is 2.10. The van der Waals surface area contributed by atoms with Crippen LogP contribution < -0.4 is 10.6 Å². The number of thiol groups is 1. The van der Waals surface area contributed by atoms with Gasteiger partial charge < -0.3 is 9.80 Å². The van der Waals surface area contributed by atoms with Crippen LogP contribution in [0, 0.1) is 0 Å². The summed E-state index contributed by atoms with van der Waals surface area (Å²) in [4.78, 5) is 4.25. The van der Waals surface area contributed by atoms with E-state index >= 15 is 0 Å². The molecule has 0 N–H and O–H groups in total. The van der Waals surface area contributed by atoms with Gasteiger partial charge in [0.25, 0.3) is 0 Å². The number of hydrogen-bond acceptors (Lipinski definition) is 3. The zero-order chi connectivity index (χ0) is 19.1. The predicted molar refractivity (Wildman–Crippen MR) is 121 cm³/mol. The summed E-state index contributed by atoms with van der Waals surface area (Å²) in [6.45, 7) is 6.53. The molecule has 0 fully saturated rings. The molecule has 2 aromatic carbocycles. The second kappa shape index (κ2) is 15.4. The van der Waals surface area contributed by atoms with E-state index in [9.17, 15) is 0 Å². The Balaban J connectivity index is 0.000000480. The zero-order valence-corrected chi connectivity index (χ0v) is 18.5. The van der Waals surface area contributed by atoms with Crippen LogP contribution in [-0.2, 0) is 0 Å². The van der Waals surface area contributed by atoms with Crippen molar-refractivity contribution in [3.05, 3.63) is 60.7 Å². The van der Waals surface area contributed by atoms with Gasteiger partial charge >= 0.3 is 0 Å². The van der Waals surface area contributed by atoms with Crippen LogP contribution in [0.4, 0.5) is 0 Å². The molecule has 0 radical (unpaired) electrons. The van der Waals surface area contributed by atoms with Gasteiger partial charge in [-0.15, -0.1) is 0 Å². The van der Waals surface area contributed by atoms with E-state index in [2.05, 4.69) is 125 Å². The maximum absolute atomic E-state index is 4.47. The van der Waals surface area contributed by atoms with Crippen molar-refractivity contribution in [3.63, 3.8) is 0 Å². The molecular formula is C21H35N2PS. The fourth-order valence-electron chi connectivity index (χ4n) is 1.53. The molecule has 2 aromatic rings. The molecule has 0 atom stereocenters. The third-order valence-electron chi connectivity index (χ3n) is 3.54.